The van der Waals surface area contributed by atoms with Gasteiger partial charge in [-0.2, -0.15) is 5.10 Å². The second kappa shape index (κ2) is 13.3. The van der Waals surface area contributed by atoms with Crippen molar-refractivity contribution in [1.82, 2.24) is 24.6 Å². The topological polar surface area (TPSA) is 114 Å². The number of carbonyl (C=O) groups excluding carboxylic acids is 2. The highest BCUT2D eigenvalue weighted by atomic mass is 19.1. The van der Waals surface area contributed by atoms with Crippen LogP contribution in [0.3, 0.4) is 0 Å². The number of amides is 2. The van der Waals surface area contributed by atoms with Gasteiger partial charge in [0.2, 0.25) is 17.8 Å². The Labute approximate surface area is 216 Å². The number of anilines is 2. The van der Waals surface area contributed by atoms with E-state index in [1.165, 1.54) is 10.9 Å². The van der Waals surface area contributed by atoms with Crippen LogP contribution in [-0.4, -0.2) is 63.2 Å². The summed E-state index contributed by atoms with van der Waals surface area (Å²) < 4.78 is 20.2. The van der Waals surface area contributed by atoms with Crippen LogP contribution in [0.4, 0.5) is 16.0 Å². The van der Waals surface area contributed by atoms with Crippen LogP contribution in [0.15, 0.2) is 49.1 Å². The van der Waals surface area contributed by atoms with Gasteiger partial charge in [-0.1, -0.05) is 31.5 Å². The SMILES string of the molecule is Cc1ccc(OCCN(C)C(=O)Cn2cc(NC(=O)C(CNc3ncc(F)cn3)CC(C)C)cn2)cc1. The Hall–Kier alpha value is -4.02. The van der Waals surface area contributed by atoms with Gasteiger partial charge in [-0.3, -0.25) is 14.3 Å². The minimum Gasteiger partial charge on any atom is -0.492 e. The molecule has 3 aromatic rings. The van der Waals surface area contributed by atoms with Gasteiger partial charge in [0.25, 0.3) is 0 Å². The van der Waals surface area contributed by atoms with Crippen LogP contribution < -0.4 is 15.4 Å². The van der Waals surface area contributed by atoms with Crippen LogP contribution in [0.25, 0.3) is 0 Å². The molecule has 2 N–H and O–H groups in total. The smallest absolute Gasteiger partial charge is 0.244 e. The van der Waals surface area contributed by atoms with E-state index in [0.29, 0.717) is 25.3 Å². The maximum Gasteiger partial charge on any atom is 0.244 e. The van der Waals surface area contributed by atoms with E-state index < -0.39 is 5.82 Å². The number of hydrogen-bond donors (Lipinski definition) is 2. The second-order valence-corrected chi connectivity index (χ2v) is 9.32. The number of aryl methyl sites for hydroxylation is 1. The van der Waals surface area contributed by atoms with Crippen molar-refractivity contribution in [2.24, 2.45) is 11.8 Å². The molecule has 0 saturated heterocycles. The summed E-state index contributed by atoms with van der Waals surface area (Å²) in [6, 6.07) is 7.74. The third-order valence-corrected chi connectivity index (χ3v) is 5.59. The van der Waals surface area contributed by atoms with Gasteiger partial charge in [0.1, 0.15) is 18.9 Å². The summed E-state index contributed by atoms with van der Waals surface area (Å²) in [7, 11) is 1.71. The highest BCUT2D eigenvalue weighted by Gasteiger charge is 2.21. The van der Waals surface area contributed by atoms with Gasteiger partial charge in [-0.25, -0.2) is 14.4 Å². The van der Waals surface area contributed by atoms with Gasteiger partial charge in [-0.15, -0.1) is 0 Å². The zero-order valence-corrected chi connectivity index (χ0v) is 21.6. The Morgan fingerprint density at radius 1 is 1.14 bits per heavy atom. The first kappa shape index (κ1) is 27.6. The molecular weight excluding hydrogens is 477 g/mol. The number of nitrogens with one attached hydrogen (secondary N) is 2. The zero-order valence-electron chi connectivity index (χ0n) is 21.6. The van der Waals surface area contributed by atoms with E-state index in [4.69, 9.17) is 4.74 Å². The molecule has 0 aliphatic carbocycles. The van der Waals surface area contributed by atoms with Crippen molar-refractivity contribution < 1.29 is 18.7 Å². The molecule has 198 valence electrons. The van der Waals surface area contributed by atoms with Gasteiger partial charge in [0.15, 0.2) is 5.82 Å². The number of rotatable bonds is 13. The summed E-state index contributed by atoms with van der Waals surface area (Å²) in [5.74, 6) is 0.0575. The predicted octanol–water partition coefficient (Wildman–Crippen LogP) is 3.37. The molecule has 10 nitrogen and oxygen atoms in total. The maximum absolute atomic E-state index is 13.0. The predicted molar refractivity (Wildman–Crippen MR) is 139 cm³/mol. The highest BCUT2D eigenvalue weighted by Crippen LogP contribution is 2.16. The highest BCUT2D eigenvalue weighted by molar-refractivity contribution is 5.92. The molecule has 0 aliphatic heterocycles. The normalized spacial score (nSPS) is 11.7. The first-order chi connectivity index (χ1) is 17.7. The maximum atomic E-state index is 13.0. The van der Waals surface area contributed by atoms with Gasteiger partial charge in [0, 0.05) is 19.8 Å². The third kappa shape index (κ3) is 9.17. The van der Waals surface area contributed by atoms with E-state index in [-0.39, 0.29) is 42.7 Å². The van der Waals surface area contributed by atoms with Gasteiger partial charge < -0.3 is 20.3 Å². The van der Waals surface area contributed by atoms with Crippen LogP contribution in [0.2, 0.25) is 0 Å². The molecule has 0 aliphatic rings. The van der Waals surface area contributed by atoms with Crippen molar-refractivity contribution >= 4 is 23.5 Å². The van der Waals surface area contributed by atoms with Crippen molar-refractivity contribution in [3.63, 3.8) is 0 Å². The molecule has 2 amide bonds. The Balaban J connectivity index is 1.47. The summed E-state index contributed by atoms with van der Waals surface area (Å²) in [5.41, 5.74) is 1.65. The Kier molecular flexibility index (Phi) is 9.93. The zero-order chi connectivity index (χ0) is 26.8. The van der Waals surface area contributed by atoms with Crippen molar-refractivity contribution in [2.75, 3.05) is 37.4 Å². The fourth-order valence-electron chi connectivity index (χ4n) is 3.55. The number of hydrogen-bond acceptors (Lipinski definition) is 7. The number of nitrogens with zero attached hydrogens (tertiary/aromatic N) is 5. The third-order valence-electron chi connectivity index (χ3n) is 5.59. The van der Waals surface area contributed by atoms with Gasteiger partial charge in [-0.05, 0) is 31.4 Å². The lowest BCUT2D eigenvalue weighted by Crippen LogP contribution is -2.33. The van der Waals surface area contributed by atoms with Crippen LogP contribution in [0, 0.1) is 24.6 Å². The standard InChI is InChI=1S/C26H34FN7O3/c1-18(2)11-20(12-28-26-29-13-21(27)14-30-26)25(36)32-22-15-31-34(16-22)17-24(35)33(4)9-10-37-23-7-5-19(3)6-8-23/h5-8,13-16,18,20H,9-12,17H2,1-4H3,(H,32,36)(H,28,29,30). The van der Waals surface area contributed by atoms with Crippen molar-refractivity contribution in [2.45, 2.75) is 33.7 Å². The quantitative estimate of drug-likeness (QED) is 0.362. The number of benzene rings is 1. The number of carbonyl (C=O) groups is 2. The van der Waals surface area contributed by atoms with E-state index in [1.54, 1.807) is 18.1 Å². The molecule has 1 unspecified atom stereocenters. The van der Waals surface area contributed by atoms with Crippen LogP contribution >= 0.6 is 0 Å². The largest absolute Gasteiger partial charge is 0.492 e. The van der Waals surface area contributed by atoms with Crippen molar-refractivity contribution in [1.29, 1.82) is 0 Å². The summed E-state index contributed by atoms with van der Waals surface area (Å²) in [5, 5.41) is 10.1. The molecule has 2 aromatic heterocycles. The van der Waals surface area contributed by atoms with E-state index in [2.05, 4.69) is 25.7 Å². The summed E-state index contributed by atoms with van der Waals surface area (Å²) >= 11 is 0. The first-order valence-electron chi connectivity index (χ1n) is 12.2. The molecule has 1 aromatic carbocycles. The molecule has 2 heterocycles. The number of likely N-dealkylation sites (N-methyl/N-ethyl adjacent to an activating group) is 1. The lowest BCUT2D eigenvalue weighted by atomic mass is 9.96. The Bertz CT molecular complexity index is 1150. The monoisotopic (exact) mass is 511 g/mol. The average molecular weight is 512 g/mol. The molecule has 3 rings (SSSR count). The summed E-state index contributed by atoms with van der Waals surface area (Å²) in [6.45, 7) is 7.20. The van der Waals surface area contributed by atoms with Crippen molar-refractivity contribution in [3.8, 4) is 5.75 Å². The van der Waals surface area contributed by atoms with E-state index in [9.17, 15) is 14.0 Å². The van der Waals surface area contributed by atoms with E-state index in [1.807, 2.05) is 45.0 Å². The summed E-state index contributed by atoms with van der Waals surface area (Å²) in [6.07, 6.45) is 5.89. The molecular formula is C26H34FN7O3. The lowest BCUT2D eigenvalue weighted by Gasteiger charge is -2.19. The van der Waals surface area contributed by atoms with Crippen LogP contribution in [0.5, 0.6) is 5.75 Å². The molecule has 0 radical (unpaired) electrons. The molecule has 0 spiro atoms. The first-order valence-corrected chi connectivity index (χ1v) is 12.2. The lowest BCUT2D eigenvalue weighted by molar-refractivity contribution is -0.131. The minimum absolute atomic E-state index is 0.0375. The van der Waals surface area contributed by atoms with Crippen LogP contribution in [-0.2, 0) is 16.1 Å². The second-order valence-electron chi connectivity index (χ2n) is 9.32. The number of ether oxygens (including phenoxy) is 1. The molecule has 0 bridgehead atoms. The Morgan fingerprint density at radius 2 is 1.84 bits per heavy atom. The fourth-order valence-corrected chi connectivity index (χ4v) is 3.55. The molecule has 1 atom stereocenters. The van der Waals surface area contributed by atoms with E-state index >= 15 is 0 Å². The molecule has 11 heteroatoms. The van der Waals surface area contributed by atoms with Crippen molar-refractivity contribution in [3.05, 3.63) is 60.4 Å². The number of halogens is 1. The summed E-state index contributed by atoms with van der Waals surface area (Å²) in [4.78, 5) is 34.8. The van der Waals surface area contributed by atoms with E-state index in [0.717, 1.165) is 23.7 Å². The molecule has 37 heavy (non-hydrogen) atoms. The minimum atomic E-state index is -0.528. The Morgan fingerprint density at radius 3 is 2.51 bits per heavy atom. The average Bonchev–Trinajstić information content (AvgIpc) is 3.30. The van der Waals surface area contributed by atoms with Gasteiger partial charge in [0.05, 0.1) is 36.7 Å². The van der Waals surface area contributed by atoms with Gasteiger partial charge >= 0.3 is 0 Å². The molecule has 0 fully saturated rings. The van der Waals surface area contributed by atoms with Crippen LogP contribution in [0.1, 0.15) is 25.8 Å². The number of aromatic nitrogens is 4. The molecule has 0 saturated carbocycles. The fraction of sp³-hybridized carbons (Fsp3) is 0.423.